The van der Waals surface area contributed by atoms with Gasteiger partial charge in [0.15, 0.2) is 5.76 Å². The molecule has 0 unspecified atom stereocenters. The quantitative estimate of drug-likeness (QED) is 0.612. The first-order valence-electron chi connectivity index (χ1n) is 7.69. The minimum Gasteiger partial charge on any atom is -0.451 e. The Morgan fingerprint density at radius 2 is 1.71 bits per heavy atom. The molecule has 1 amide bonds. The van der Waals surface area contributed by atoms with Gasteiger partial charge in [-0.25, -0.2) is 0 Å². The first-order valence-corrected chi connectivity index (χ1v) is 8.48. The molecule has 122 valence electrons. The number of anilines is 1. The average Bonchev–Trinajstić information content (AvgIpc) is 3.04. The summed E-state index contributed by atoms with van der Waals surface area (Å²) >= 11 is 3.45. The van der Waals surface area contributed by atoms with Crippen molar-refractivity contribution in [2.24, 2.45) is 0 Å². The molecule has 0 spiro atoms. The lowest BCUT2D eigenvalue weighted by Gasteiger charge is -2.06. The van der Waals surface area contributed by atoms with Crippen LogP contribution < -0.4 is 5.32 Å². The number of aryl methyl sites for hydroxylation is 3. The lowest BCUT2D eigenvalue weighted by Crippen LogP contribution is -2.10. The topological polar surface area (TPSA) is 42.2 Å². The van der Waals surface area contributed by atoms with Gasteiger partial charge >= 0.3 is 0 Å². The Morgan fingerprint density at radius 3 is 2.42 bits per heavy atom. The zero-order chi connectivity index (χ0) is 17.3. The van der Waals surface area contributed by atoms with Crippen LogP contribution in [0.5, 0.6) is 0 Å². The molecule has 0 aliphatic heterocycles. The Hall–Kier alpha value is -2.33. The maximum absolute atomic E-state index is 12.4. The molecule has 0 aliphatic rings. The summed E-state index contributed by atoms with van der Waals surface area (Å²) in [5, 5.41) is 2.86. The largest absolute Gasteiger partial charge is 0.451 e. The van der Waals surface area contributed by atoms with Crippen LogP contribution in [0.1, 0.15) is 27.2 Å². The van der Waals surface area contributed by atoms with Crippen LogP contribution >= 0.6 is 15.9 Å². The zero-order valence-electron chi connectivity index (χ0n) is 13.8. The molecule has 1 heterocycles. The van der Waals surface area contributed by atoms with E-state index in [2.05, 4.69) is 47.2 Å². The lowest BCUT2D eigenvalue weighted by molar-refractivity contribution is 0.0997. The first-order chi connectivity index (χ1) is 11.4. The molecule has 2 aromatic carbocycles. The predicted molar refractivity (Wildman–Crippen MR) is 100 cm³/mol. The van der Waals surface area contributed by atoms with Gasteiger partial charge in [-0.2, -0.15) is 0 Å². The first kappa shape index (κ1) is 16.5. The lowest BCUT2D eigenvalue weighted by atomic mass is 10.1. The minimum absolute atomic E-state index is 0.258. The fourth-order valence-electron chi connectivity index (χ4n) is 2.42. The number of rotatable bonds is 3. The zero-order valence-corrected chi connectivity index (χ0v) is 15.4. The van der Waals surface area contributed by atoms with Crippen molar-refractivity contribution in [1.82, 2.24) is 0 Å². The maximum atomic E-state index is 12.4. The van der Waals surface area contributed by atoms with E-state index in [4.69, 9.17) is 4.42 Å². The van der Waals surface area contributed by atoms with Gasteiger partial charge in [0.2, 0.25) is 0 Å². The van der Waals surface area contributed by atoms with Gasteiger partial charge in [-0.1, -0.05) is 28.1 Å². The highest BCUT2D eigenvalue weighted by atomic mass is 79.9. The van der Waals surface area contributed by atoms with Gasteiger partial charge in [-0.3, -0.25) is 4.79 Å². The monoisotopic (exact) mass is 383 g/mol. The number of carbonyl (C=O) groups excluding carboxylic acids is 1. The van der Waals surface area contributed by atoms with E-state index in [0.29, 0.717) is 11.5 Å². The number of carbonyl (C=O) groups is 1. The standard InChI is InChI=1S/C20H18BrNO2/c1-12-4-5-15(10-13(12)2)18-8-9-19(24-18)20(23)22-16-6-7-17(21)14(3)11-16/h4-11H,1-3H3,(H,22,23). The van der Waals surface area contributed by atoms with Crippen LogP contribution in [0.2, 0.25) is 0 Å². The molecule has 0 atom stereocenters. The number of furan rings is 1. The second-order valence-corrected chi connectivity index (χ2v) is 6.74. The third-order valence-corrected chi connectivity index (χ3v) is 4.93. The summed E-state index contributed by atoms with van der Waals surface area (Å²) in [4.78, 5) is 12.4. The highest BCUT2D eigenvalue weighted by molar-refractivity contribution is 9.10. The number of hydrogen-bond donors (Lipinski definition) is 1. The third kappa shape index (κ3) is 3.44. The van der Waals surface area contributed by atoms with E-state index in [1.807, 2.05) is 37.3 Å². The van der Waals surface area contributed by atoms with Crippen molar-refractivity contribution in [3.63, 3.8) is 0 Å². The van der Waals surface area contributed by atoms with Gasteiger partial charge in [-0.05, 0) is 73.9 Å². The highest BCUT2D eigenvalue weighted by Crippen LogP contribution is 2.25. The van der Waals surface area contributed by atoms with Crippen molar-refractivity contribution in [2.75, 3.05) is 5.32 Å². The van der Waals surface area contributed by atoms with E-state index >= 15 is 0 Å². The second kappa shape index (κ2) is 6.65. The van der Waals surface area contributed by atoms with Gasteiger partial charge in [0.05, 0.1) is 0 Å². The van der Waals surface area contributed by atoms with Crippen molar-refractivity contribution < 1.29 is 9.21 Å². The van der Waals surface area contributed by atoms with Crippen molar-refractivity contribution in [3.05, 3.63) is 75.5 Å². The average molecular weight is 384 g/mol. The van der Waals surface area contributed by atoms with E-state index in [9.17, 15) is 4.79 Å². The van der Waals surface area contributed by atoms with Crippen molar-refractivity contribution in [3.8, 4) is 11.3 Å². The molecular formula is C20H18BrNO2. The summed E-state index contributed by atoms with van der Waals surface area (Å²) < 4.78 is 6.74. The molecule has 0 aliphatic carbocycles. The van der Waals surface area contributed by atoms with Crippen LogP contribution in [0, 0.1) is 20.8 Å². The summed E-state index contributed by atoms with van der Waals surface area (Å²) in [5.74, 6) is 0.728. The number of halogens is 1. The fraction of sp³-hybridized carbons (Fsp3) is 0.150. The van der Waals surface area contributed by atoms with Crippen molar-refractivity contribution in [1.29, 1.82) is 0 Å². The molecule has 1 N–H and O–H groups in total. The number of hydrogen-bond acceptors (Lipinski definition) is 2. The Kier molecular flexibility index (Phi) is 4.58. The molecule has 24 heavy (non-hydrogen) atoms. The van der Waals surface area contributed by atoms with Gasteiger partial charge in [0.1, 0.15) is 5.76 Å². The van der Waals surface area contributed by atoms with Crippen LogP contribution in [0.3, 0.4) is 0 Å². The maximum Gasteiger partial charge on any atom is 0.291 e. The predicted octanol–water partition coefficient (Wildman–Crippen LogP) is 5.89. The van der Waals surface area contributed by atoms with E-state index in [0.717, 1.165) is 21.3 Å². The Bertz CT molecular complexity index is 912. The normalized spacial score (nSPS) is 10.7. The Balaban J connectivity index is 1.80. The number of benzene rings is 2. The van der Waals surface area contributed by atoms with Crippen LogP contribution in [0.4, 0.5) is 5.69 Å². The molecule has 3 rings (SSSR count). The molecule has 0 bridgehead atoms. The number of nitrogens with one attached hydrogen (secondary N) is 1. The molecule has 3 aromatic rings. The van der Waals surface area contributed by atoms with Crippen LogP contribution in [0.25, 0.3) is 11.3 Å². The SMILES string of the molecule is Cc1ccc(-c2ccc(C(=O)Nc3ccc(Br)c(C)c3)o2)cc1C. The molecule has 3 nitrogen and oxygen atoms in total. The molecular weight excluding hydrogens is 366 g/mol. The van der Waals surface area contributed by atoms with E-state index in [-0.39, 0.29) is 5.91 Å². The molecule has 0 radical (unpaired) electrons. The van der Waals surface area contributed by atoms with Crippen molar-refractivity contribution >= 4 is 27.5 Å². The molecule has 4 heteroatoms. The van der Waals surface area contributed by atoms with Gasteiger partial charge < -0.3 is 9.73 Å². The fourth-order valence-corrected chi connectivity index (χ4v) is 2.67. The minimum atomic E-state index is -0.258. The molecule has 1 aromatic heterocycles. The van der Waals surface area contributed by atoms with Crippen LogP contribution in [-0.4, -0.2) is 5.91 Å². The molecule has 0 saturated heterocycles. The summed E-state index contributed by atoms with van der Waals surface area (Å²) in [7, 11) is 0. The summed E-state index contributed by atoms with van der Waals surface area (Å²) in [6.45, 7) is 6.11. The highest BCUT2D eigenvalue weighted by Gasteiger charge is 2.13. The Morgan fingerprint density at radius 1 is 0.917 bits per heavy atom. The summed E-state index contributed by atoms with van der Waals surface area (Å²) in [6, 6.07) is 15.3. The van der Waals surface area contributed by atoms with E-state index in [1.54, 1.807) is 6.07 Å². The van der Waals surface area contributed by atoms with Gasteiger partial charge in [0.25, 0.3) is 5.91 Å². The summed E-state index contributed by atoms with van der Waals surface area (Å²) in [5.41, 5.74) is 5.19. The molecule has 0 saturated carbocycles. The van der Waals surface area contributed by atoms with Gasteiger partial charge in [0, 0.05) is 15.7 Å². The number of amides is 1. The van der Waals surface area contributed by atoms with E-state index in [1.165, 1.54) is 11.1 Å². The van der Waals surface area contributed by atoms with Crippen LogP contribution in [0.15, 0.2) is 57.4 Å². The van der Waals surface area contributed by atoms with E-state index < -0.39 is 0 Å². The summed E-state index contributed by atoms with van der Waals surface area (Å²) in [6.07, 6.45) is 0. The third-order valence-electron chi connectivity index (χ3n) is 4.04. The van der Waals surface area contributed by atoms with Crippen LogP contribution in [-0.2, 0) is 0 Å². The molecule has 0 fully saturated rings. The Labute approximate surface area is 149 Å². The smallest absolute Gasteiger partial charge is 0.291 e. The van der Waals surface area contributed by atoms with Gasteiger partial charge in [-0.15, -0.1) is 0 Å². The second-order valence-electron chi connectivity index (χ2n) is 5.88. The van der Waals surface area contributed by atoms with Crippen molar-refractivity contribution in [2.45, 2.75) is 20.8 Å².